The van der Waals surface area contributed by atoms with E-state index in [4.69, 9.17) is 14.7 Å². The van der Waals surface area contributed by atoms with E-state index in [1.54, 1.807) is 18.2 Å². The van der Waals surface area contributed by atoms with Gasteiger partial charge in [0.1, 0.15) is 5.82 Å². The highest BCUT2D eigenvalue weighted by Crippen LogP contribution is 2.35. The highest BCUT2D eigenvalue weighted by Gasteiger charge is 2.35. The number of halogens is 1. The second-order valence-corrected chi connectivity index (χ2v) is 8.80. The highest BCUT2D eigenvalue weighted by atomic mass is 32.2. The molecule has 2 saturated heterocycles. The molecule has 0 aliphatic carbocycles. The van der Waals surface area contributed by atoms with Gasteiger partial charge >= 0.3 is 0 Å². The van der Waals surface area contributed by atoms with Gasteiger partial charge in [-0.3, -0.25) is 10.1 Å². The number of rotatable bonds is 5. The number of anilines is 1. The van der Waals surface area contributed by atoms with Crippen LogP contribution in [0.5, 0.6) is 0 Å². The second-order valence-electron chi connectivity index (χ2n) is 7.95. The first kappa shape index (κ1) is 20.8. The number of thioether (sulfide) groups is 1. The van der Waals surface area contributed by atoms with Crippen LogP contribution >= 0.6 is 11.8 Å². The van der Waals surface area contributed by atoms with Crippen molar-refractivity contribution in [3.05, 3.63) is 64.5 Å². The molecule has 1 aromatic heterocycles. The zero-order valence-corrected chi connectivity index (χ0v) is 18.2. The molecule has 164 valence electrons. The van der Waals surface area contributed by atoms with E-state index in [1.165, 1.54) is 36.0 Å². The fourth-order valence-electron chi connectivity index (χ4n) is 4.27. The molecule has 2 unspecified atom stereocenters. The third kappa shape index (κ3) is 4.05. The lowest BCUT2D eigenvalue weighted by Crippen LogP contribution is -2.43. The summed E-state index contributed by atoms with van der Waals surface area (Å²) in [4.78, 5) is 23.3. The van der Waals surface area contributed by atoms with Gasteiger partial charge in [0.2, 0.25) is 5.95 Å². The molecule has 0 spiro atoms. The predicted octanol–water partition coefficient (Wildman–Crippen LogP) is 4.95. The summed E-state index contributed by atoms with van der Waals surface area (Å²) in [5, 5.41) is 11.0. The van der Waals surface area contributed by atoms with Crippen molar-refractivity contribution in [1.29, 1.82) is 0 Å². The molecule has 9 heteroatoms. The molecule has 2 aliphatic rings. The zero-order chi connectivity index (χ0) is 22.2. The van der Waals surface area contributed by atoms with Crippen molar-refractivity contribution < 1.29 is 14.1 Å². The number of hydrogen-bond donors (Lipinski definition) is 0. The Morgan fingerprint density at radius 1 is 1.06 bits per heavy atom. The summed E-state index contributed by atoms with van der Waals surface area (Å²) in [5.41, 5.74) is 2.70. The van der Waals surface area contributed by atoms with Gasteiger partial charge in [0.15, 0.2) is 0 Å². The lowest BCUT2D eigenvalue weighted by Gasteiger charge is -2.32. The second kappa shape index (κ2) is 8.48. The fourth-order valence-corrected chi connectivity index (χ4v) is 4.86. The number of aromatic nitrogens is 2. The van der Waals surface area contributed by atoms with Crippen molar-refractivity contribution in [2.75, 3.05) is 24.2 Å². The van der Waals surface area contributed by atoms with E-state index in [9.17, 15) is 14.5 Å². The minimum Gasteiger partial charge on any atom is -0.371 e. The van der Waals surface area contributed by atoms with Crippen LogP contribution in [0.15, 0.2) is 53.4 Å². The average Bonchev–Trinajstić information content (AvgIpc) is 3.16. The largest absolute Gasteiger partial charge is 0.371 e. The van der Waals surface area contributed by atoms with E-state index in [0.717, 1.165) is 23.3 Å². The number of nitro groups is 1. The van der Waals surface area contributed by atoms with Crippen LogP contribution in [0.4, 0.5) is 16.0 Å². The van der Waals surface area contributed by atoms with Crippen LogP contribution < -0.4 is 4.90 Å². The maximum Gasteiger partial charge on any atom is 0.269 e. The maximum atomic E-state index is 14.1. The maximum absolute atomic E-state index is 14.1. The molecular formula is C23H21FN4O3S. The molecule has 2 bridgehead atoms. The van der Waals surface area contributed by atoms with Crippen molar-refractivity contribution in [2.24, 2.45) is 0 Å². The summed E-state index contributed by atoms with van der Waals surface area (Å²) in [6.07, 6.45) is 4.32. The van der Waals surface area contributed by atoms with Crippen LogP contribution in [0.25, 0.3) is 22.5 Å². The van der Waals surface area contributed by atoms with Crippen LogP contribution in [0.2, 0.25) is 0 Å². The summed E-state index contributed by atoms with van der Waals surface area (Å²) in [6.45, 7) is 1.41. The molecule has 2 aliphatic heterocycles. The van der Waals surface area contributed by atoms with E-state index in [2.05, 4.69) is 4.90 Å². The van der Waals surface area contributed by atoms with Crippen molar-refractivity contribution in [3.63, 3.8) is 0 Å². The Kier molecular flexibility index (Phi) is 5.52. The quantitative estimate of drug-likeness (QED) is 0.308. The number of morpholine rings is 1. The Morgan fingerprint density at radius 3 is 2.41 bits per heavy atom. The molecule has 7 nitrogen and oxygen atoms in total. The molecule has 0 saturated carbocycles. The molecule has 3 heterocycles. The Morgan fingerprint density at radius 2 is 1.75 bits per heavy atom. The molecule has 2 aromatic carbocycles. The van der Waals surface area contributed by atoms with E-state index < -0.39 is 4.92 Å². The summed E-state index contributed by atoms with van der Waals surface area (Å²) >= 11 is 1.52. The number of fused-ring (bicyclic) bond motifs is 2. The first-order chi connectivity index (χ1) is 15.5. The van der Waals surface area contributed by atoms with Gasteiger partial charge in [0, 0.05) is 41.2 Å². The number of hydrogen-bond acceptors (Lipinski definition) is 7. The lowest BCUT2D eigenvalue weighted by atomic mass is 10.1. The van der Waals surface area contributed by atoms with E-state index in [1.807, 2.05) is 12.3 Å². The van der Waals surface area contributed by atoms with Gasteiger partial charge in [0.25, 0.3) is 5.69 Å². The van der Waals surface area contributed by atoms with Gasteiger partial charge < -0.3 is 9.64 Å². The first-order valence-electron chi connectivity index (χ1n) is 10.4. The van der Waals surface area contributed by atoms with Crippen LogP contribution in [-0.4, -0.2) is 46.4 Å². The van der Waals surface area contributed by atoms with Crippen molar-refractivity contribution in [1.82, 2.24) is 9.97 Å². The smallest absolute Gasteiger partial charge is 0.269 e. The SMILES string of the molecule is CSc1ccc(F)cc1-c1cc(-c2ccc([N+](=O)[O-])cc2)nc(N2CC3CCC(C2)O3)n1. The zero-order valence-electron chi connectivity index (χ0n) is 17.4. The number of nitro benzene ring substituents is 1. The van der Waals surface area contributed by atoms with Crippen LogP contribution in [0.3, 0.4) is 0 Å². The molecular weight excluding hydrogens is 431 g/mol. The minimum atomic E-state index is -0.429. The summed E-state index contributed by atoms with van der Waals surface area (Å²) in [7, 11) is 0. The van der Waals surface area contributed by atoms with Crippen molar-refractivity contribution >= 4 is 23.4 Å². The minimum absolute atomic E-state index is 0.0165. The van der Waals surface area contributed by atoms with Crippen molar-refractivity contribution in [3.8, 4) is 22.5 Å². The fraction of sp³-hybridized carbons (Fsp3) is 0.304. The average molecular weight is 453 g/mol. The predicted molar refractivity (Wildman–Crippen MR) is 121 cm³/mol. The molecule has 32 heavy (non-hydrogen) atoms. The van der Waals surface area contributed by atoms with Gasteiger partial charge in [-0.25, -0.2) is 14.4 Å². The lowest BCUT2D eigenvalue weighted by molar-refractivity contribution is -0.384. The van der Waals surface area contributed by atoms with Gasteiger partial charge in [0.05, 0.1) is 28.5 Å². The number of nitrogens with zero attached hydrogens (tertiary/aromatic N) is 4. The van der Waals surface area contributed by atoms with Crippen LogP contribution in [-0.2, 0) is 4.74 Å². The first-order valence-corrected chi connectivity index (χ1v) is 11.6. The van der Waals surface area contributed by atoms with E-state index in [-0.39, 0.29) is 23.7 Å². The number of benzene rings is 2. The van der Waals surface area contributed by atoms with Gasteiger partial charge in [-0.1, -0.05) is 0 Å². The number of ether oxygens (including phenoxy) is 1. The Balaban J connectivity index is 1.62. The third-order valence-electron chi connectivity index (χ3n) is 5.85. The molecule has 2 atom stereocenters. The molecule has 0 N–H and O–H groups in total. The number of non-ortho nitro benzene ring substituents is 1. The summed E-state index contributed by atoms with van der Waals surface area (Å²) in [5.74, 6) is 0.228. The normalized spacial score (nSPS) is 19.9. The summed E-state index contributed by atoms with van der Waals surface area (Å²) in [6, 6.07) is 12.8. The molecule has 5 rings (SSSR count). The standard InChI is InChI=1S/C23H21FN4O3S/c1-32-22-9-4-15(24)10-19(22)21-11-20(14-2-5-16(6-3-14)28(29)30)25-23(26-21)27-12-17-7-8-18(13-27)31-17/h2-6,9-11,17-18H,7-8,12-13H2,1H3. The van der Waals surface area contributed by atoms with Gasteiger partial charge in [-0.2, -0.15) is 0 Å². The Labute approximate surface area is 188 Å². The third-order valence-corrected chi connectivity index (χ3v) is 6.65. The van der Waals surface area contributed by atoms with E-state index in [0.29, 0.717) is 36.0 Å². The van der Waals surface area contributed by atoms with Crippen LogP contribution in [0.1, 0.15) is 12.8 Å². The molecule has 0 amide bonds. The van der Waals surface area contributed by atoms with Crippen LogP contribution in [0, 0.1) is 15.9 Å². The molecule has 2 fully saturated rings. The molecule has 0 radical (unpaired) electrons. The van der Waals surface area contributed by atoms with E-state index >= 15 is 0 Å². The Bertz CT molecular complexity index is 1160. The Hall–Kier alpha value is -3.04. The summed E-state index contributed by atoms with van der Waals surface area (Å²) < 4.78 is 20.1. The molecule has 3 aromatic rings. The highest BCUT2D eigenvalue weighted by molar-refractivity contribution is 7.98. The topological polar surface area (TPSA) is 81.4 Å². The van der Waals surface area contributed by atoms with Gasteiger partial charge in [-0.05, 0) is 55.5 Å². The van der Waals surface area contributed by atoms with Crippen molar-refractivity contribution in [2.45, 2.75) is 29.9 Å². The van der Waals surface area contributed by atoms with Gasteiger partial charge in [-0.15, -0.1) is 11.8 Å². The monoisotopic (exact) mass is 452 g/mol.